The van der Waals surface area contributed by atoms with E-state index in [0.717, 1.165) is 12.1 Å². The number of esters is 1. The number of para-hydroxylation sites is 1. The maximum Gasteiger partial charge on any atom is 0.419 e. The lowest BCUT2D eigenvalue weighted by Crippen LogP contribution is -2.14. The predicted molar refractivity (Wildman–Crippen MR) is 71.8 cm³/mol. The summed E-state index contributed by atoms with van der Waals surface area (Å²) >= 11 is 0. The third kappa shape index (κ3) is 4.31. The summed E-state index contributed by atoms with van der Waals surface area (Å²) in [4.78, 5) is 11.7. The number of ether oxygens (including phenoxy) is 1. The van der Waals surface area contributed by atoms with E-state index in [1.807, 2.05) is 0 Å². The molecule has 0 aromatic heterocycles. The van der Waals surface area contributed by atoms with E-state index >= 15 is 0 Å². The Balaban J connectivity index is 1.99. The Morgan fingerprint density at radius 3 is 2.27 bits per heavy atom. The van der Waals surface area contributed by atoms with Crippen LogP contribution in [0.5, 0.6) is 5.75 Å². The van der Waals surface area contributed by atoms with Crippen LogP contribution in [0.25, 0.3) is 0 Å². The quantitative estimate of drug-likeness (QED) is 0.476. The molecule has 0 spiro atoms. The van der Waals surface area contributed by atoms with Crippen molar-refractivity contribution in [2.24, 2.45) is 0 Å². The third-order valence-corrected chi connectivity index (χ3v) is 2.95. The number of benzene rings is 2. The van der Waals surface area contributed by atoms with E-state index in [2.05, 4.69) is 0 Å². The van der Waals surface area contributed by atoms with Crippen LogP contribution in [0.1, 0.15) is 17.5 Å². The highest BCUT2D eigenvalue weighted by atomic mass is 19.4. The molecule has 6 heteroatoms. The Hall–Kier alpha value is -2.37. The maximum absolute atomic E-state index is 12.8. The van der Waals surface area contributed by atoms with Crippen molar-refractivity contribution < 1.29 is 27.1 Å². The van der Waals surface area contributed by atoms with Crippen LogP contribution in [-0.2, 0) is 17.4 Å². The molecule has 2 nitrogen and oxygen atoms in total. The molecule has 0 radical (unpaired) electrons. The molecule has 0 heterocycles. The normalized spacial score (nSPS) is 11.3. The minimum Gasteiger partial charge on any atom is -0.426 e. The number of hydrogen-bond acceptors (Lipinski definition) is 2. The molecule has 2 aromatic rings. The minimum atomic E-state index is -4.59. The van der Waals surface area contributed by atoms with Crippen LogP contribution in [0.4, 0.5) is 17.6 Å². The van der Waals surface area contributed by atoms with Crippen molar-refractivity contribution in [1.29, 1.82) is 0 Å². The summed E-state index contributed by atoms with van der Waals surface area (Å²) in [5, 5.41) is 0. The first kappa shape index (κ1) is 16.0. The van der Waals surface area contributed by atoms with Crippen LogP contribution in [0.2, 0.25) is 0 Å². The number of carbonyl (C=O) groups is 1. The first-order valence-electron chi connectivity index (χ1n) is 6.47. The first-order valence-corrected chi connectivity index (χ1v) is 6.47. The fraction of sp³-hybridized carbons (Fsp3) is 0.188. The number of carbonyl (C=O) groups excluding carboxylic acids is 1. The van der Waals surface area contributed by atoms with Crippen molar-refractivity contribution in [2.45, 2.75) is 19.0 Å². The van der Waals surface area contributed by atoms with Crippen LogP contribution in [0, 0.1) is 5.82 Å². The van der Waals surface area contributed by atoms with Gasteiger partial charge in [0.2, 0.25) is 0 Å². The molecule has 22 heavy (non-hydrogen) atoms. The van der Waals surface area contributed by atoms with Gasteiger partial charge >= 0.3 is 12.1 Å². The zero-order valence-corrected chi connectivity index (χ0v) is 11.4. The summed E-state index contributed by atoms with van der Waals surface area (Å²) in [5.74, 6) is -1.69. The van der Waals surface area contributed by atoms with Crippen LogP contribution >= 0.6 is 0 Å². The molecule has 0 aliphatic carbocycles. The molecule has 0 saturated carbocycles. The van der Waals surface area contributed by atoms with Gasteiger partial charge in [-0.15, -0.1) is 0 Å². The molecule has 0 aliphatic rings. The van der Waals surface area contributed by atoms with Crippen LogP contribution in [0.15, 0.2) is 48.5 Å². The van der Waals surface area contributed by atoms with E-state index < -0.39 is 29.3 Å². The summed E-state index contributed by atoms with van der Waals surface area (Å²) in [6.45, 7) is 0. The summed E-state index contributed by atoms with van der Waals surface area (Å²) < 4.78 is 55.8. The van der Waals surface area contributed by atoms with Gasteiger partial charge in [-0.25, -0.2) is 4.39 Å². The van der Waals surface area contributed by atoms with Gasteiger partial charge in [-0.05, 0) is 36.2 Å². The molecule has 0 amide bonds. The highest BCUT2D eigenvalue weighted by molar-refractivity contribution is 5.73. The van der Waals surface area contributed by atoms with Crippen molar-refractivity contribution in [3.05, 3.63) is 65.5 Å². The van der Waals surface area contributed by atoms with Gasteiger partial charge in [0.05, 0.1) is 5.56 Å². The second-order valence-corrected chi connectivity index (χ2v) is 4.59. The summed E-state index contributed by atoms with van der Waals surface area (Å²) in [5.41, 5.74) is -0.299. The van der Waals surface area contributed by atoms with Crippen molar-refractivity contribution in [3.63, 3.8) is 0 Å². The van der Waals surface area contributed by atoms with Crippen molar-refractivity contribution in [1.82, 2.24) is 0 Å². The Morgan fingerprint density at radius 1 is 1.00 bits per heavy atom. The smallest absolute Gasteiger partial charge is 0.419 e. The highest BCUT2D eigenvalue weighted by Gasteiger charge is 2.34. The monoisotopic (exact) mass is 312 g/mol. The number of aryl methyl sites for hydroxylation is 1. The van der Waals surface area contributed by atoms with E-state index in [1.165, 1.54) is 36.4 Å². The summed E-state index contributed by atoms with van der Waals surface area (Å²) in [6.07, 6.45) is -4.43. The lowest BCUT2D eigenvalue weighted by atomic mass is 10.1. The van der Waals surface area contributed by atoms with Gasteiger partial charge in [-0.1, -0.05) is 24.3 Å². The lowest BCUT2D eigenvalue weighted by Gasteiger charge is -2.12. The second-order valence-electron chi connectivity index (χ2n) is 4.59. The molecule has 0 saturated heterocycles. The molecule has 0 atom stereocenters. The molecule has 0 unspecified atom stereocenters. The molecule has 116 valence electrons. The molecular weight excluding hydrogens is 300 g/mol. The fourth-order valence-corrected chi connectivity index (χ4v) is 1.86. The Morgan fingerprint density at radius 2 is 1.64 bits per heavy atom. The van der Waals surface area contributed by atoms with Crippen LogP contribution < -0.4 is 4.74 Å². The number of alkyl halides is 3. The summed E-state index contributed by atoms with van der Waals surface area (Å²) in [7, 11) is 0. The number of hydrogen-bond donors (Lipinski definition) is 0. The number of rotatable bonds is 4. The van der Waals surface area contributed by atoms with Crippen molar-refractivity contribution in [2.75, 3.05) is 0 Å². The average Bonchev–Trinajstić information content (AvgIpc) is 2.46. The SMILES string of the molecule is O=C(CCc1ccc(F)cc1)Oc1ccccc1C(F)(F)F. The minimum absolute atomic E-state index is 0.0994. The van der Waals surface area contributed by atoms with E-state index in [0.29, 0.717) is 5.56 Å². The second kappa shape index (κ2) is 6.60. The van der Waals surface area contributed by atoms with E-state index in [1.54, 1.807) is 0 Å². The Kier molecular flexibility index (Phi) is 4.80. The number of halogens is 4. The van der Waals surface area contributed by atoms with Gasteiger partial charge in [0.15, 0.2) is 0 Å². The molecule has 0 fully saturated rings. The predicted octanol–water partition coefficient (Wildman–Crippen LogP) is 4.38. The van der Waals surface area contributed by atoms with Gasteiger partial charge in [0, 0.05) is 6.42 Å². The van der Waals surface area contributed by atoms with E-state index in [9.17, 15) is 22.4 Å². The van der Waals surface area contributed by atoms with Gasteiger partial charge in [-0.3, -0.25) is 4.79 Å². The molecule has 2 aromatic carbocycles. The standard InChI is InChI=1S/C16H12F4O2/c17-12-8-5-11(6-9-12)7-10-15(21)22-14-4-2-1-3-13(14)16(18,19)20/h1-6,8-9H,7,10H2. The van der Waals surface area contributed by atoms with E-state index in [4.69, 9.17) is 4.74 Å². The van der Waals surface area contributed by atoms with Gasteiger partial charge in [0.1, 0.15) is 11.6 Å². The maximum atomic E-state index is 12.8. The first-order chi connectivity index (χ1) is 10.4. The molecule has 0 N–H and O–H groups in total. The largest absolute Gasteiger partial charge is 0.426 e. The average molecular weight is 312 g/mol. The van der Waals surface area contributed by atoms with Crippen molar-refractivity contribution >= 4 is 5.97 Å². The lowest BCUT2D eigenvalue weighted by molar-refractivity contribution is -0.142. The van der Waals surface area contributed by atoms with Gasteiger partial charge < -0.3 is 4.74 Å². The fourth-order valence-electron chi connectivity index (χ4n) is 1.86. The van der Waals surface area contributed by atoms with Crippen LogP contribution in [0.3, 0.4) is 0 Å². The third-order valence-electron chi connectivity index (χ3n) is 2.95. The van der Waals surface area contributed by atoms with Gasteiger partial charge in [0.25, 0.3) is 0 Å². The topological polar surface area (TPSA) is 26.3 Å². The van der Waals surface area contributed by atoms with Crippen molar-refractivity contribution in [3.8, 4) is 5.75 Å². The molecule has 0 bridgehead atoms. The zero-order chi connectivity index (χ0) is 16.2. The molecule has 0 aliphatic heterocycles. The highest BCUT2D eigenvalue weighted by Crippen LogP contribution is 2.36. The molecule has 2 rings (SSSR count). The Labute approximate surface area is 124 Å². The van der Waals surface area contributed by atoms with Crippen LogP contribution in [-0.4, -0.2) is 5.97 Å². The molecular formula is C16H12F4O2. The zero-order valence-electron chi connectivity index (χ0n) is 11.4. The summed E-state index contributed by atoms with van der Waals surface area (Å²) in [6, 6.07) is 10.0. The van der Waals surface area contributed by atoms with Gasteiger partial charge in [-0.2, -0.15) is 13.2 Å². The van der Waals surface area contributed by atoms with E-state index in [-0.39, 0.29) is 12.8 Å². The Bertz CT molecular complexity index is 648.